The van der Waals surface area contributed by atoms with Gasteiger partial charge in [-0.2, -0.15) is 0 Å². The largest absolute Gasteiger partial charge is 0.352 e. The Morgan fingerprint density at radius 2 is 1.73 bits per heavy atom. The van der Waals surface area contributed by atoms with Crippen LogP contribution >= 0.6 is 0 Å². The van der Waals surface area contributed by atoms with E-state index in [-0.39, 0.29) is 12.3 Å². The van der Waals surface area contributed by atoms with Gasteiger partial charge in [0.05, 0.1) is 11.9 Å². The van der Waals surface area contributed by atoms with Gasteiger partial charge in [0.2, 0.25) is 5.91 Å². The highest BCUT2D eigenvalue weighted by Crippen LogP contribution is 2.25. The molecule has 0 saturated heterocycles. The van der Waals surface area contributed by atoms with Gasteiger partial charge in [-0.25, -0.2) is 9.97 Å². The Bertz CT molecular complexity index is 1370. The highest BCUT2D eigenvalue weighted by Gasteiger charge is 2.14. The van der Waals surface area contributed by atoms with Crippen molar-refractivity contribution in [2.45, 2.75) is 13.0 Å². The number of carbonyl (C=O) groups is 1. The van der Waals surface area contributed by atoms with Crippen molar-refractivity contribution in [3.8, 4) is 5.82 Å². The van der Waals surface area contributed by atoms with Crippen molar-refractivity contribution >= 4 is 28.4 Å². The second-order valence-corrected chi connectivity index (χ2v) is 7.48. The molecule has 8 nitrogen and oxygen atoms in total. The first-order chi connectivity index (χ1) is 16.3. The first-order valence-electron chi connectivity index (χ1n) is 10.5. The first kappa shape index (κ1) is 20.3. The molecule has 162 valence electrons. The molecule has 3 aromatic heterocycles. The summed E-state index contributed by atoms with van der Waals surface area (Å²) >= 11 is 0. The molecule has 33 heavy (non-hydrogen) atoms. The van der Waals surface area contributed by atoms with E-state index in [1.807, 2.05) is 77.5 Å². The monoisotopic (exact) mass is 435 g/mol. The van der Waals surface area contributed by atoms with Crippen molar-refractivity contribution in [2.75, 3.05) is 5.32 Å². The Morgan fingerprint density at radius 1 is 0.879 bits per heavy atom. The van der Waals surface area contributed by atoms with Crippen LogP contribution < -0.4 is 10.6 Å². The minimum atomic E-state index is -0.0303. The third-order valence-electron chi connectivity index (χ3n) is 5.21. The molecular weight excluding hydrogens is 414 g/mol. The standard InChI is InChI=1S/C25H21N7O/c33-25(27-15-18-6-2-1-3-7-18)14-19-16-32(21-9-5-4-8-20(19)21)24-11-10-23(30-31-24)29-22-12-13-26-17-28-22/h1-13,16-17H,14-15H2,(H,27,33)(H,26,28,29,30). The molecule has 5 rings (SSSR count). The molecule has 0 fully saturated rings. The van der Waals surface area contributed by atoms with E-state index in [2.05, 4.69) is 30.8 Å². The zero-order valence-electron chi connectivity index (χ0n) is 17.7. The molecule has 0 unspecified atom stereocenters. The predicted molar refractivity (Wildman–Crippen MR) is 126 cm³/mol. The van der Waals surface area contributed by atoms with Crippen molar-refractivity contribution in [3.05, 3.63) is 103 Å². The summed E-state index contributed by atoms with van der Waals surface area (Å²) in [5, 5.41) is 15.7. The molecule has 2 aromatic carbocycles. The van der Waals surface area contributed by atoms with Gasteiger partial charge < -0.3 is 10.6 Å². The summed E-state index contributed by atoms with van der Waals surface area (Å²) in [5.41, 5.74) is 2.97. The van der Waals surface area contributed by atoms with Gasteiger partial charge in [0.15, 0.2) is 11.6 Å². The summed E-state index contributed by atoms with van der Waals surface area (Å²) < 4.78 is 1.95. The number of rotatable bonds is 7. The average molecular weight is 435 g/mol. The number of nitrogens with one attached hydrogen (secondary N) is 2. The Balaban J connectivity index is 1.35. The minimum absolute atomic E-state index is 0.0303. The Hall–Kier alpha value is -4.59. The third-order valence-corrected chi connectivity index (χ3v) is 5.21. The molecule has 1 amide bonds. The molecule has 5 aromatic rings. The molecule has 0 atom stereocenters. The second kappa shape index (κ2) is 9.27. The lowest BCUT2D eigenvalue weighted by atomic mass is 10.1. The number of hydrogen-bond donors (Lipinski definition) is 2. The summed E-state index contributed by atoms with van der Waals surface area (Å²) in [6.07, 6.45) is 5.35. The summed E-state index contributed by atoms with van der Waals surface area (Å²) in [6, 6.07) is 23.3. The lowest BCUT2D eigenvalue weighted by molar-refractivity contribution is -0.120. The van der Waals surface area contributed by atoms with E-state index >= 15 is 0 Å². The van der Waals surface area contributed by atoms with Crippen LogP contribution in [0.4, 0.5) is 11.6 Å². The van der Waals surface area contributed by atoms with Crippen LogP contribution in [0.2, 0.25) is 0 Å². The van der Waals surface area contributed by atoms with Crippen molar-refractivity contribution in [1.82, 2.24) is 30.0 Å². The molecule has 2 N–H and O–H groups in total. The van der Waals surface area contributed by atoms with Crippen LogP contribution in [0.1, 0.15) is 11.1 Å². The highest BCUT2D eigenvalue weighted by molar-refractivity contribution is 5.90. The number of carbonyl (C=O) groups excluding carboxylic acids is 1. The fraction of sp³-hybridized carbons (Fsp3) is 0.0800. The minimum Gasteiger partial charge on any atom is -0.352 e. The van der Waals surface area contributed by atoms with E-state index in [4.69, 9.17) is 0 Å². The van der Waals surface area contributed by atoms with E-state index < -0.39 is 0 Å². The van der Waals surface area contributed by atoms with Gasteiger partial charge >= 0.3 is 0 Å². The summed E-state index contributed by atoms with van der Waals surface area (Å²) in [6.45, 7) is 0.505. The maximum Gasteiger partial charge on any atom is 0.224 e. The van der Waals surface area contributed by atoms with E-state index in [0.717, 1.165) is 22.0 Å². The highest BCUT2D eigenvalue weighted by atomic mass is 16.1. The van der Waals surface area contributed by atoms with Crippen LogP contribution in [0.5, 0.6) is 0 Å². The first-order valence-corrected chi connectivity index (χ1v) is 10.5. The average Bonchev–Trinajstić information content (AvgIpc) is 3.23. The van der Waals surface area contributed by atoms with Crippen molar-refractivity contribution < 1.29 is 4.79 Å². The molecule has 0 radical (unpaired) electrons. The number of amides is 1. The molecule has 3 heterocycles. The normalized spacial score (nSPS) is 10.8. The van der Waals surface area contributed by atoms with Crippen LogP contribution in [0.3, 0.4) is 0 Å². The Labute approximate surface area is 190 Å². The fourth-order valence-corrected chi connectivity index (χ4v) is 3.63. The molecule has 8 heteroatoms. The lowest BCUT2D eigenvalue weighted by Gasteiger charge is -2.06. The molecular formula is C25H21N7O. The second-order valence-electron chi connectivity index (χ2n) is 7.48. The number of fused-ring (bicyclic) bond motifs is 1. The Morgan fingerprint density at radius 3 is 2.52 bits per heavy atom. The van der Waals surface area contributed by atoms with Crippen LogP contribution in [0, 0.1) is 0 Å². The van der Waals surface area contributed by atoms with Crippen molar-refractivity contribution in [2.24, 2.45) is 0 Å². The number of para-hydroxylation sites is 1. The molecule has 0 aliphatic rings. The molecule has 0 spiro atoms. The van der Waals surface area contributed by atoms with Gasteiger partial charge in [-0.3, -0.25) is 9.36 Å². The van der Waals surface area contributed by atoms with Crippen molar-refractivity contribution in [1.29, 1.82) is 0 Å². The quantitative estimate of drug-likeness (QED) is 0.403. The van der Waals surface area contributed by atoms with Gasteiger partial charge in [-0.15, -0.1) is 10.2 Å². The van der Waals surface area contributed by atoms with Crippen LogP contribution in [0.25, 0.3) is 16.7 Å². The van der Waals surface area contributed by atoms with Crippen LogP contribution in [-0.2, 0) is 17.8 Å². The number of anilines is 2. The van der Waals surface area contributed by atoms with Gasteiger partial charge in [0, 0.05) is 24.3 Å². The van der Waals surface area contributed by atoms with E-state index in [1.54, 1.807) is 12.3 Å². The fourth-order valence-electron chi connectivity index (χ4n) is 3.63. The summed E-state index contributed by atoms with van der Waals surface area (Å²) in [5.74, 6) is 1.85. The number of hydrogen-bond acceptors (Lipinski definition) is 6. The van der Waals surface area contributed by atoms with Crippen LogP contribution in [-0.4, -0.2) is 30.6 Å². The number of benzene rings is 2. The summed E-state index contributed by atoms with van der Waals surface area (Å²) in [4.78, 5) is 20.7. The smallest absolute Gasteiger partial charge is 0.224 e. The SMILES string of the molecule is O=C(Cc1cn(-c2ccc(Nc3ccncn3)nn2)c2ccccc12)NCc1ccccc1. The van der Waals surface area contributed by atoms with E-state index in [0.29, 0.717) is 24.0 Å². The zero-order valence-corrected chi connectivity index (χ0v) is 17.7. The maximum atomic E-state index is 12.6. The van der Waals surface area contributed by atoms with Crippen molar-refractivity contribution in [3.63, 3.8) is 0 Å². The van der Waals surface area contributed by atoms with Crippen LogP contribution in [0.15, 0.2) is 91.5 Å². The van der Waals surface area contributed by atoms with Gasteiger partial charge in [0.25, 0.3) is 0 Å². The Kier molecular flexibility index (Phi) is 5.71. The molecule has 0 saturated carbocycles. The zero-order chi connectivity index (χ0) is 22.5. The van der Waals surface area contributed by atoms with Gasteiger partial charge in [-0.1, -0.05) is 48.5 Å². The molecule has 0 aliphatic heterocycles. The number of aromatic nitrogens is 5. The van der Waals surface area contributed by atoms with E-state index in [1.165, 1.54) is 6.33 Å². The summed E-state index contributed by atoms with van der Waals surface area (Å²) in [7, 11) is 0. The van der Waals surface area contributed by atoms with Gasteiger partial charge in [-0.05, 0) is 35.4 Å². The lowest BCUT2D eigenvalue weighted by Crippen LogP contribution is -2.24. The molecule has 0 aliphatic carbocycles. The number of nitrogens with zero attached hydrogens (tertiary/aromatic N) is 5. The third kappa shape index (κ3) is 4.69. The van der Waals surface area contributed by atoms with Gasteiger partial charge in [0.1, 0.15) is 12.1 Å². The topological polar surface area (TPSA) is 97.6 Å². The predicted octanol–water partition coefficient (Wildman–Crippen LogP) is 3.81. The molecule has 0 bridgehead atoms. The van der Waals surface area contributed by atoms with E-state index in [9.17, 15) is 4.79 Å². The maximum absolute atomic E-state index is 12.6.